The van der Waals surface area contributed by atoms with E-state index in [9.17, 15) is 5.11 Å². The molecule has 1 aromatic carbocycles. The minimum Gasteiger partial charge on any atom is -0.508 e. The van der Waals surface area contributed by atoms with Gasteiger partial charge in [0.1, 0.15) is 11.3 Å². The SMILES string of the molecule is Oc1ccc(C2=CCN(c3ccnc4cc(Br)cnc34)CC2)cc1. The Morgan fingerprint density at radius 2 is 1.92 bits per heavy atom. The van der Waals surface area contributed by atoms with Crippen molar-refractivity contribution in [1.29, 1.82) is 0 Å². The molecule has 5 heteroatoms. The minimum absolute atomic E-state index is 0.303. The molecule has 3 aromatic rings. The largest absolute Gasteiger partial charge is 0.508 e. The zero-order valence-electron chi connectivity index (χ0n) is 13.0. The van der Waals surface area contributed by atoms with E-state index >= 15 is 0 Å². The zero-order valence-corrected chi connectivity index (χ0v) is 14.6. The molecule has 4 rings (SSSR count). The summed E-state index contributed by atoms with van der Waals surface area (Å²) in [4.78, 5) is 11.3. The summed E-state index contributed by atoms with van der Waals surface area (Å²) >= 11 is 3.45. The molecule has 1 aliphatic heterocycles. The predicted octanol–water partition coefficient (Wildman–Crippen LogP) is 4.39. The van der Waals surface area contributed by atoms with Crippen LogP contribution < -0.4 is 4.90 Å². The number of benzene rings is 1. The third-order valence-corrected chi connectivity index (χ3v) is 4.74. The molecule has 24 heavy (non-hydrogen) atoms. The second kappa shape index (κ2) is 6.24. The Balaban J connectivity index is 1.63. The summed E-state index contributed by atoms with van der Waals surface area (Å²) in [5.74, 6) is 0.303. The van der Waals surface area contributed by atoms with Crippen LogP contribution in [-0.2, 0) is 0 Å². The lowest BCUT2D eigenvalue weighted by molar-refractivity contribution is 0.475. The van der Waals surface area contributed by atoms with Crippen molar-refractivity contribution in [2.45, 2.75) is 6.42 Å². The lowest BCUT2D eigenvalue weighted by Crippen LogP contribution is -2.28. The molecule has 1 N–H and O–H groups in total. The molecule has 0 atom stereocenters. The monoisotopic (exact) mass is 381 g/mol. The van der Waals surface area contributed by atoms with Crippen LogP contribution in [0.2, 0.25) is 0 Å². The van der Waals surface area contributed by atoms with Crippen molar-refractivity contribution in [2.24, 2.45) is 0 Å². The van der Waals surface area contributed by atoms with Crippen molar-refractivity contribution in [3.05, 3.63) is 64.9 Å². The van der Waals surface area contributed by atoms with Gasteiger partial charge < -0.3 is 10.0 Å². The Labute approximate surface area is 148 Å². The number of fused-ring (bicyclic) bond motifs is 1. The van der Waals surface area contributed by atoms with Crippen LogP contribution in [0.3, 0.4) is 0 Å². The average Bonchev–Trinajstić information content (AvgIpc) is 2.62. The standard InChI is InChI=1S/C19H16BrN3O/c20-15-11-17-19(22-12-15)18(5-8-21-17)23-9-6-14(7-10-23)13-1-3-16(24)4-2-13/h1-6,8,11-12,24H,7,9-10H2. The smallest absolute Gasteiger partial charge is 0.115 e. The fourth-order valence-electron chi connectivity index (χ4n) is 3.07. The van der Waals surface area contributed by atoms with E-state index in [4.69, 9.17) is 0 Å². The number of phenolic OH excluding ortho intramolecular Hbond substituents is 1. The maximum Gasteiger partial charge on any atom is 0.115 e. The summed E-state index contributed by atoms with van der Waals surface area (Å²) in [6.45, 7) is 1.77. The molecule has 1 aliphatic rings. The highest BCUT2D eigenvalue weighted by Crippen LogP contribution is 2.30. The number of phenols is 1. The molecule has 2 aromatic heterocycles. The van der Waals surface area contributed by atoms with E-state index < -0.39 is 0 Å². The maximum atomic E-state index is 9.42. The number of aromatic nitrogens is 2. The molecule has 0 bridgehead atoms. The van der Waals surface area contributed by atoms with Gasteiger partial charge in [-0.25, -0.2) is 0 Å². The number of anilines is 1. The highest BCUT2D eigenvalue weighted by molar-refractivity contribution is 9.10. The maximum absolute atomic E-state index is 9.42. The van der Waals surface area contributed by atoms with Crippen molar-refractivity contribution in [3.8, 4) is 5.75 Å². The van der Waals surface area contributed by atoms with Gasteiger partial charge >= 0.3 is 0 Å². The molecule has 0 unspecified atom stereocenters. The van der Waals surface area contributed by atoms with E-state index in [1.54, 1.807) is 12.1 Å². The van der Waals surface area contributed by atoms with Crippen LogP contribution in [0.15, 0.2) is 59.3 Å². The number of rotatable bonds is 2. The molecule has 120 valence electrons. The molecule has 0 saturated carbocycles. The molecule has 0 spiro atoms. The fourth-order valence-corrected chi connectivity index (χ4v) is 3.39. The first-order chi connectivity index (χ1) is 11.7. The molecule has 4 nitrogen and oxygen atoms in total. The van der Waals surface area contributed by atoms with Crippen molar-refractivity contribution in [1.82, 2.24) is 9.97 Å². The molecule has 0 amide bonds. The second-order valence-corrected chi connectivity index (χ2v) is 6.74. The van der Waals surface area contributed by atoms with Gasteiger partial charge in [0.15, 0.2) is 0 Å². The number of halogens is 1. The summed E-state index contributed by atoms with van der Waals surface area (Å²) in [6, 6.07) is 11.4. The molecular weight excluding hydrogens is 366 g/mol. The predicted molar refractivity (Wildman–Crippen MR) is 100 cm³/mol. The van der Waals surface area contributed by atoms with Gasteiger partial charge in [0.25, 0.3) is 0 Å². The second-order valence-electron chi connectivity index (χ2n) is 5.82. The molecule has 3 heterocycles. The highest BCUT2D eigenvalue weighted by Gasteiger charge is 2.16. The summed E-state index contributed by atoms with van der Waals surface area (Å²) in [6.07, 6.45) is 6.87. The molecule has 0 fully saturated rings. The quantitative estimate of drug-likeness (QED) is 0.714. The van der Waals surface area contributed by atoms with Crippen LogP contribution in [0.5, 0.6) is 5.75 Å². The third-order valence-electron chi connectivity index (χ3n) is 4.31. The van der Waals surface area contributed by atoms with Gasteiger partial charge in [-0.15, -0.1) is 0 Å². The first kappa shape index (κ1) is 15.1. The van der Waals surface area contributed by atoms with Crippen LogP contribution in [0.4, 0.5) is 5.69 Å². The first-order valence-electron chi connectivity index (χ1n) is 7.84. The molecule has 0 saturated heterocycles. The molecular formula is C19H16BrN3O. The van der Waals surface area contributed by atoms with Crippen molar-refractivity contribution in [3.63, 3.8) is 0 Å². The van der Waals surface area contributed by atoms with E-state index in [1.807, 2.05) is 36.7 Å². The van der Waals surface area contributed by atoms with Crippen LogP contribution in [0.25, 0.3) is 16.6 Å². The Kier molecular flexibility index (Phi) is 3.94. The summed E-state index contributed by atoms with van der Waals surface area (Å²) in [5, 5.41) is 9.42. The Bertz CT molecular complexity index is 922. The van der Waals surface area contributed by atoms with Gasteiger partial charge in [-0.1, -0.05) is 18.2 Å². The summed E-state index contributed by atoms with van der Waals surface area (Å²) in [5.41, 5.74) is 5.44. The first-order valence-corrected chi connectivity index (χ1v) is 8.64. The van der Waals surface area contributed by atoms with Gasteiger partial charge in [0, 0.05) is 30.0 Å². The fraction of sp³-hybridized carbons (Fsp3) is 0.158. The van der Waals surface area contributed by atoms with Crippen LogP contribution in [0, 0.1) is 0 Å². The average molecular weight is 382 g/mol. The molecule has 0 radical (unpaired) electrons. The zero-order chi connectivity index (χ0) is 16.5. The topological polar surface area (TPSA) is 49.2 Å². The van der Waals surface area contributed by atoms with E-state index in [1.165, 1.54) is 11.1 Å². The normalized spacial score (nSPS) is 14.7. The number of hydrogen-bond acceptors (Lipinski definition) is 4. The number of pyridine rings is 2. The number of hydrogen-bond donors (Lipinski definition) is 1. The summed E-state index contributed by atoms with van der Waals surface area (Å²) in [7, 11) is 0. The Morgan fingerprint density at radius 1 is 1.08 bits per heavy atom. The third kappa shape index (κ3) is 2.87. The van der Waals surface area contributed by atoms with Crippen molar-refractivity contribution < 1.29 is 5.11 Å². The van der Waals surface area contributed by atoms with Crippen molar-refractivity contribution >= 4 is 38.2 Å². The number of aromatic hydroxyl groups is 1. The van der Waals surface area contributed by atoms with Crippen molar-refractivity contribution in [2.75, 3.05) is 18.0 Å². The number of nitrogens with zero attached hydrogens (tertiary/aromatic N) is 3. The van der Waals surface area contributed by atoms with Gasteiger partial charge in [-0.2, -0.15) is 0 Å². The van der Waals surface area contributed by atoms with Gasteiger partial charge in [-0.05, 0) is 57.8 Å². The summed E-state index contributed by atoms with van der Waals surface area (Å²) < 4.78 is 0.938. The molecule has 0 aliphatic carbocycles. The Morgan fingerprint density at radius 3 is 2.67 bits per heavy atom. The lowest BCUT2D eigenvalue weighted by Gasteiger charge is -2.29. The van der Waals surface area contributed by atoms with Gasteiger partial charge in [0.05, 0.1) is 11.2 Å². The van der Waals surface area contributed by atoms with E-state index in [0.29, 0.717) is 5.75 Å². The Hall–Kier alpha value is -2.40. The van der Waals surface area contributed by atoms with E-state index in [2.05, 4.69) is 36.9 Å². The van der Waals surface area contributed by atoms with Crippen LogP contribution >= 0.6 is 15.9 Å². The van der Waals surface area contributed by atoms with Gasteiger partial charge in [0.2, 0.25) is 0 Å². The van der Waals surface area contributed by atoms with Crippen LogP contribution in [-0.4, -0.2) is 28.2 Å². The van der Waals surface area contributed by atoms with Gasteiger partial charge in [-0.3, -0.25) is 9.97 Å². The van der Waals surface area contributed by atoms with E-state index in [0.717, 1.165) is 40.7 Å². The highest BCUT2D eigenvalue weighted by atomic mass is 79.9. The van der Waals surface area contributed by atoms with E-state index in [-0.39, 0.29) is 0 Å². The van der Waals surface area contributed by atoms with Crippen LogP contribution in [0.1, 0.15) is 12.0 Å². The lowest BCUT2D eigenvalue weighted by atomic mass is 9.99. The minimum atomic E-state index is 0.303.